The van der Waals surface area contributed by atoms with Gasteiger partial charge in [-0.2, -0.15) is 0 Å². The lowest BCUT2D eigenvalue weighted by atomic mass is 10.1. The van der Waals surface area contributed by atoms with Gasteiger partial charge in [-0.05, 0) is 31.4 Å². The van der Waals surface area contributed by atoms with Crippen molar-refractivity contribution in [1.82, 2.24) is 19.8 Å². The number of nitrogens with zero attached hydrogens (tertiary/aromatic N) is 5. The van der Waals surface area contributed by atoms with Gasteiger partial charge in [-0.3, -0.25) is 9.59 Å². The fourth-order valence-corrected chi connectivity index (χ4v) is 3.99. The fourth-order valence-electron chi connectivity index (χ4n) is 3.99. The Morgan fingerprint density at radius 2 is 1.97 bits per heavy atom. The lowest BCUT2D eigenvalue weighted by Gasteiger charge is -2.25. The summed E-state index contributed by atoms with van der Waals surface area (Å²) in [7, 11) is 7.15. The minimum Gasteiger partial charge on any atom is -0.496 e. The quantitative estimate of drug-likeness (QED) is 0.708. The number of ether oxygens (including phenoxy) is 1. The maximum atomic E-state index is 13.1. The highest BCUT2D eigenvalue weighted by Crippen LogP contribution is 2.31. The average Bonchev–Trinajstić information content (AvgIpc) is 3.23. The summed E-state index contributed by atoms with van der Waals surface area (Å²) >= 11 is 0. The normalized spacial score (nSPS) is 15.7. The van der Waals surface area contributed by atoms with Crippen LogP contribution in [0.3, 0.4) is 0 Å². The number of rotatable bonds is 6. The van der Waals surface area contributed by atoms with Gasteiger partial charge in [0.05, 0.1) is 31.0 Å². The van der Waals surface area contributed by atoms with Crippen molar-refractivity contribution in [2.24, 2.45) is 0 Å². The Bertz CT molecular complexity index is 976. The van der Waals surface area contributed by atoms with Gasteiger partial charge in [0, 0.05) is 40.7 Å². The molecule has 8 heteroatoms. The maximum Gasteiger partial charge on any atom is 0.257 e. The molecule has 0 radical (unpaired) electrons. The molecule has 1 saturated heterocycles. The van der Waals surface area contributed by atoms with Crippen molar-refractivity contribution in [3.63, 3.8) is 0 Å². The first-order chi connectivity index (χ1) is 14.7. The zero-order chi connectivity index (χ0) is 22.7. The lowest BCUT2D eigenvalue weighted by molar-refractivity contribution is -0.129. The highest BCUT2D eigenvalue weighted by Gasteiger charge is 2.31. The molecule has 166 valence electrons. The van der Waals surface area contributed by atoms with Crippen molar-refractivity contribution < 1.29 is 14.3 Å². The molecule has 1 fully saturated rings. The third-order valence-corrected chi connectivity index (χ3v) is 5.59. The first-order valence-corrected chi connectivity index (χ1v) is 10.4. The molecule has 0 bridgehead atoms. The van der Waals surface area contributed by atoms with Crippen molar-refractivity contribution in [2.75, 3.05) is 39.7 Å². The first-order valence-electron chi connectivity index (χ1n) is 10.4. The standard InChI is InChI=1S/C23H31N5O3/c1-15-9-7-10-18(21(15)31-6)23(30)27(5)14-17-13-20(26(3)4)25-22(24-17)19-11-8-12-28(19)16(2)29/h7,9-10,13,19H,8,11-12,14H2,1-6H3. The van der Waals surface area contributed by atoms with Crippen LogP contribution < -0.4 is 9.64 Å². The largest absolute Gasteiger partial charge is 0.496 e. The Balaban J connectivity index is 1.90. The Hall–Kier alpha value is -3.16. The summed E-state index contributed by atoms with van der Waals surface area (Å²) < 4.78 is 5.45. The molecular formula is C23H31N5O3. The number of carbonyl (C=O) groups is 2. The summed E-state index contributed by atoms with van der Waals surface area (Å²) in [5.74, 6) is 1.85. The minimum absolute atomic E-state index is 0.0294. The van der Waals surface area contributed by atoms with E-state index in [1.54, 1.807) is 32.0 Å². The van der Waals surface area contributed by atoms with E-state index >= 15 is 0 Å². The summed E-state index contributed by atoms with van der Waals surface area (Å²) in [5, 5.41) is 0. The number of aryl methyl sites for hydroxylation is 1. The monoisotopic (exact) mass is 425 g/mol. The second-order valence-electron chi connectivity index (χ2n) is 8.16. The first kappa shape index (κ1) is 22.5. The Morgan fingerprint density at radius 1 is 1.23 bits per heavy atom. The molecule has 0 spiro atoms. The third kappa shape index (κ3) is 4.78. The molecule has 0 aliphatic carbocycles. The van der Waals surface area contributed by atoms with Crippen LogP contribution in [0, 0.1) is 6.92 Å². The number of aromatic nitrogens is 2. The van der Waals surface area contributed by atoms with Gasteiger partial charge in [0.25, 0.3) is 5.91 Å². The number of methoxy groups -OCH3 is 1. The highest BCUT2D eigenvalue weighted by atomic mass is 16.5. The maximum absolute atomic E-state index is 13.1. The summed E-state index contributed by atoms with van der Waals surface area (Å²) in [5.41, 5.74) is 2.16. The molecule has 1 atom stereocenters. The number of likely N-dealkylation sites (tertiary alicyclic amines) is 1. The van der Waals surface area contributed by atoms with E-state index in [0.29, 0.717) is 23.7 Å². The van der Waals surface area contributed by atoms with Crippen LogP contribution >= 0.6 is 0 Å². The molecule has 1 aliphatic rings. The van der Waals surface area contributed by atoms with Gasteiger partial charge in [-0.1, -0.05) is 12.1 Å². The number of para-hydroxylation sites is 1. The van der Waals surface area contributed by atoms with E-state index in [1.807, 2.05) is 49.0 Å². The Labute approximate surface area is 183 Å². The van der Waals surface area contributed by atoms with E-state index in [2.05, 4.69) is 0 Å². The molecule has 1 unspecified atom stereocenters. The van der Waals surface area contributed by atoms with E-state index in [4.69, 9.17) is 14.7 Å². The van der Waals surface area contributed by atoms with Gasteiger partial charge in [-0.25, -0.2) is 9.97 Å². The van der Waals surface area contributed by atoms with E-state index in [-0.39, 0.29) is 17.9 Å². The number of benzene rings is 1. The van der Waals surface area contributed by atoms with Crippen molar-refractivity contribution in [3.05, 3.63) is 46.9 Å². The predicted molar refractivity (Wildman–Crippen MR) is 119 cm³/mol. The minimum atomic E-state index is -0.140. The molecule has 1 aliphatic heterocycles. The van der Waals surface area contributed by atoms with Gasteiger partial charge >= 0.3 is 0 Å². The summed E-state index contributed by atoms with van der Waals surface area (Å²) in [6.45, 7) is 4.53. The molecule has 0 saturated carbocycles. The number of anilines is 1. The second-order valence-corrected chi connectivity index (χ2v) is 8.16. The Kier molecular flexibility index (Phi) is 6.77. The third-order valence-electron chi connectivity index (χ3n) is 5.59. The van der Waals surface area contributed by atoms with Crippen molar-refractivity contribution in [1.29, 1.82) is 0 Å². The van der Waals surface area contributed by atoms with Crippen LogP contribution in [0.25, 0.3) is 0 Å². The number of amides is 2. The molecule has 8 nitrogen and oxygen atoms in total. The van der Waals surface area contributed by atoms with Gasteiger partial charge in [0.2, 0.25) is 5.91 Å². The smallest absolute Gasteiger partial charge is 0.257 e. The predicted octanol–water partition coefficient (Wildman–Crippen LogP) is 2.82. The zero-order valence-corrected chi connectivity index (χ0v) is 19.2. The van der Waals surface area contributed by atoms with Crippen LogP contribution in [0.2, 0.25) is 0 Å². The van der Waals surface area contributed by atoms with Crippen LogP contribution in [0.1, 0.15) is 53.2 Å². The lowest BCUT2D eigenvalue weighted by Crippen LogP contribution is -2.31. The van der Waals surface area contributed by atoms with Gasteiger partial charge in [0.15, 0.2) is 5.82 Å². The van der Waals surface area contributed by atoms with Crippen molar-refractivity contribution in [2.45, 2.75) is 39.3 Å². The number of carbonyl (C=O) groups excluding carboxylic acids is 2. The fraction of sp³-hybridized carbons (Fsp3) is 0.478. The van der Waals surface area contributed by atoms with Crippen LogP contribution in [0.5, 0.6) is 5.75 Å². The zero-order valence-electron chi connectivity index (χ0n) is 19.2. The van der Waals surface area contributed by atoms with Gasteiger partial charge < -0.3 is 19.4 Å². The van der Waals surface area contributed by atoms with Gasteiger partial charge in [-0.15, -0.1) is 0 Å². The van der Waals surface area contributed by atoms with Crippen molar-refractivity contribution in [3.8, 4) is 5.75 Å². The molecule has 2 aromatic rings. The van der Waals surface area contributed by atoms with Gasteiger partial charge in [0.1, 0.15) is 11.6 Å². The second kappa shape index (κ2) is 9.32. The molecule has 0 N–H and O–H groups in total. The van der Waals surface area contributed by atoms with Crippen LogP contribution in [-0.2, 0) is 11.3 Å². The SMILES string of the molecule is COc1c(C)cccc1C(=O)N(C)Cc1cc(N(C)C)nc(C2CCCN2C(C)=O)n1. The highest BCUT2D eigenvalue weighted by molar-refractivity contribution is 5.97. The van der Waals surface area contributed by atoms with Crippen molar-refractivity contribution >= 4 is 17.6 Å². The summed E-state index contributed by atoms with van der Waals surface area (Å²) in [4.78, 5) is 40.0. The summed E-state index contributed by atoms with van der Waals surface area (Å²) in [6, 6.07) is 7.28. The van der Waals surface area contributed by atoms with Crippen LogP contribution in [0.15, 0.2) is 24.3 Å². The molecular weight excluding hydrogens is 394 g/mol. The molecule has 1 aromatic carbocycles. The molecule has 3 rings (SSSR count). The number of hydrogen-bond acceptors (Lipinski definition) is 6. The molecule has 2 heterocycles. The Morgan fingerprint density at radius 3 is 2.61 bits per heavy atom. The van der Waals surface area contributed by atoms with E-state index in [0.717, 1.165) is 36.5 Å². The molecule has 31 heavy (non-hydrogen) atoms. The van der Waals surface area contributed by atoms with E-state index < -0.39 is 0 Å². The average molecular weight is 426 g/mol. The molecule has 1 aromatic heterocycles. The van der Waals surface area contributed by atoms with E-state index in [9.17, 15) is 9.59 Å². The molecule has 2 amide bonds. The topological polar surface area (TPSA) is 78.9 Å². The van der Waals surface area contributed by atoms with E-state index in [1.165, 1.54) is 0 Å². The van der Waals surface area contributed by atoms with Crippen LogP contribution in [-0.4, -0.2) is 66.4 Å². The number of hydrogen-bond donors (Lipinski definition) is 0. The van der Waals surface area contributed by atoms with Crippen LogP contribution in [0.4, 0.5) is 5.82 Å². The summed E-state index contributed by atoms with van der Waals surface area (Å²) in [6.07, 6.45) is 1.77.